The van der Waals surface area contributed by atoms with Crippen LogP contribution >= 0.6 is 22.7 Å². The second-order valence-corrected chi connectivity index (χ2v) is 9.93. The molecule has 1 N–H and O–H groups in total. The summed E-state index contributed by atoms with van der Waals surface area (Å²) >= 11 is 2.85. The number of allylic oxidation sites excluding steroid dienone is 1. The lowest BCUT2D eigenvalue weighted by Crippen LogP contribution is -2.40. The van der Waals surface area contributed by atoms with Gasteiger partial charge in [0.1, 0.15) is 6.04 Å². The lowest BCUT2D eigenvalue weighted by molar-refractivity contribution is -0.113. The van der Waals surface area contributed by atoms with Gasteiger partial charge >= 0.3 is 0 Å². The summed E-state index contributed by atoms with van der Waals surface area (Å²) in [7, 11) is 0. The summed E-state index contributed by atoms with van der Waals surface area (Å²) in [4.78, 5) is 33.4. The number of aryl methyl sites for hydroxylation is 2. The number of rotatable bonds is 5. The third kappa shape index (κ3) is 3.86. The molecule has 172 valence electrons. The number of benzene rings is 1. The van der Waals surface area contributed by atoms with E-state index in [2.05, 4.69) is 15.4 Å². The fourth-order valence-corrected chi connectivity index (χ4v) is 5.95. The maximum Gasteiger partial charge on any atom is 0.271 e. The quantitative estimate of drug-likeness (QED) is 0.466. The molecule has 7 nitrogen and oxygen atoms in total. The molecule has 0 fully saturated rings. The SMILES string of the molecule is CCn1nccc1C=c1sc2n(c1=O)C(c1cccs1)C(C(=O)Nc1ccccc1C)=C(C)N=2. The van der Waals surface area contributed by atoms with Crippen LogP contribution in [0.5, 0.6) is 0 Å². The summed E-state index contributed by atoms with van der Waals surface area (Å²) in [6.45, 7) is 6.49. The second-order valence-electron chi connectivity index (χ2n) is 7.94. The molecule has 1 amide bonds. The van der Waals surface area contributed by atoms with Crippen LogP contribution in [0.4, 0.5) is 5.69 Å². The monoisotopic (exact) mass is 489 g/mol. The number of nitrogens with zero attached hydrogens (tertiary/aromatic N) is 4. The Morgan fingerprint density at radius 3 is 2.74 bits per heavy atom. The summed E-state index contributed by atoms with van der Waals surface area (Å²) in [6, 6.07) is 12.9. The Bertz CT molecular complexity index is 1590. The third-order valence-electron chi connectivity index (χ3n) is 5.80. The molecule has 5 rings (SSSR count). The molecule has 3 aromatic heterocycles. The first kappa shape index (κ1) is 22.2. The lowest BCUT2D eigenvalue weighted by atomic mass is 10.0. The molecule has 0 bridgehead atoms. The average Bonchev–Trinajstić information content (AvgIpc) is 3.56. The number of hydrogen-bond donors (Lipinski definition) is 1. The molecule has 0 saturated heterocycles. The van der Waals surface area contributed by atoms with Crippen LogP contribution in [-0.4, -0.2) is 20.3 Å². The molecule has 0 spiro atoms. The number of fused-ring (bicyclic) bond motifs is 1. The molecule has 1 aliphatic heterocycles. The van der Waals surface area contributed by atoms with E-state index >= 15 is 0 Å². The summed E-state index contributed by atoms with van der Waals surface area (Å²) in [5.41, 5.74) is 3.47. The van der Waals surface area contributed by atoms with Crippen LogP contribution in [0.25, 0.3) is 6.08 Å². The van der Waals surface area contributed by atoms with Crippen molar-refractivity contribution in [2.24, 2.45) is 4.99 Å². The number of carbonyl (C=O) groups excluding carboxylic acids is 1. The minimum atomic E-state index is -0.543. The summed E-state index contributed by atoms with van der Waals surface area (Å²) < 4.78 is 4.04. The van der Waals surface area contributed by atoms with E-state index in [1.165, 1.54) is 22.7 Å². The molecule has 0 saturated carbocycles. The third-order valence-corrected chi connectivity index (χ3v) is 7.71. The normalized spacial score (nSPS) is 15.9. The lowest BCUT2D eigenvalue weighted by Gasteiger charge is -2.24. The minimum Gasteiger partial charge on any atom is -0.322 e. The Morgan fingerprint density at radius 2 is 2.00 bits per heavy atom. The molecule has 0 radical (unpaired) electrons. The van der Waals surface area contributed by atoms with E-state index in [9.17, 15) is 9.59 Å². The van der Waals surface area contributed by atoms with Crippen molar-refractivity contribution in [3.8, 4) is 0 Å². The van der Waals surface area contributed by atoms with Crippen molar-refractivity contribution in [3.05, 3.63) is 101 Å². The highest BCUT2D eigenvalue weighted by Crippen LogP contribution is 2.33. The number of carbonyl (C=O) groups is 1. The minimum absolute atomic E-state index is 0.167. The molecule has 0 aliphatic carbocycles. The van der Waals surface area contributed by atoms with Crippen molar-refractivity contribution < 1.29 is 4.79 Å². The molecule has 1 aliphatic rings. The summed E-state index contributed by atoms with van der Waals surface area (Å²) in [5, 5.41) is 9.27. The molecule has 1 atom stereocenters. The van der Waals surface area contributed by atoms with Gasteiger partial charge in [-0.2, -0.15) is 5.10 Å². The molecular formula is C25H23N5O2S2. The van der Waals surface area contributed by atoms with Crippen LogP contribution in [0.15, 0.2) is 75.1 Å². The number of thiazole rings is 1. The first-order valence-electron chi connectivity index (χ1n) is 10.9. The molecule has 9 heteroatoms. The Labute approximate surface area is 204 Å². The number of nitrogens with one attached hydrogen (secondary N) is 1. The Balaban J connectivity index is 1.66. The molecule has 34 heavy (non-hydrogen) atoms. The molecule has 1 unspecified atom stereocenters. The summed E-state index contributed by atoms with van der Waals surface area (Å²) in [6.07, 6.45) is 3.57. The Morgan fingerprint density at radius 1 is 1.18 bits per heavy atom. The Hall–Kier alpha value is -3.56. The van der Waals surface area contributed by atoms with Gasteiger partial charge in [0.2, 0.25) is 0 Å². The zero-order valence-corrected chi connectivity index (χ0v) is 20.6. The van der Waals surface area contributed by atoms with Gasteiger partial charge in [-0.05, 0) is 56.0 Å². The van der Waals surface area contributed by atoms with E-state index in [0.717, 1.165) is 21.8 Å². The number of amides is 1. The van der Waals surface area contributed by atoms with Crippen LogP contribution in [0.2, 0.25) is 0 Å². The van der Waals surface area contributed by atoms with E-state index in [-0.39, 0.29) is 11.5 Å². The van der Waals surface area contributed by atoms with Crippen LogP contribution < -0.4 is 20.2 Å². The van der Waals surface area contributed by atoms with Crippen molar-refractivity contribution in [2.45, 2.75) is 33.4 Å². The fourth-order valence-electron chi connectivity index (χ4n) is 4.09. The van der Waals surface area contributed by atoms with Gasteiger partial charge in [-0.15, -0.1) is 11.3 Å². The molecule has 4 aromatic rings. The van der Waals surface area contributed by atoms with Gasteiger partial charge in [-0.25, -0.2) is 4.99 Å². The number of aromatic nitrogens is 3. The Kier molecular flexibility index (Phi) is 5.89. The van der Waals surface area contributed by atoms with Gasteiger partial charge < -0.3 is 5.32 Å². The van der Waals surface area contributed by atoms with Crippen molar-refractivity contribution in [3.63, 3.8) is 0 Å². The van der Waals surface area contributed by atoms with Crippen LogP contribution in [0, 0.1) is 6.92 Å². The van der Waals surface area contributed by atoms with Gasteiger partial charge in [0.25, 0.3) is 11.5 Å². The van der Waals surface area contributed by atoms with Crippen LogP contribution in [0.3, 0.4) is 0 Å². The van der Waals surface area contributed by atoms with Crippen molar-refractivity contribution in [1.29, 1.82) is 0 Å². The standard InChI is InChI=1S/C25H23N5O2S2/c1-4-29-17(11-12-26-29)14-20-24(32)30-22(19-10-7-13-33-19)21(16(3)27-25(30)34-20)23(31)28-18-9-6-5-8-15(18)2/h5-14,22H,4H2,1-3H3,(H,28,31). The van der Waals surface area contributed by atoms with Crippen molar-refractivity contribution in [2.75, 3.05) is 5.32 Å². The maximum atomic E-state index is 13.6. The van der Waals surface area contributed by atoms with Gasteiger partial charge in [0.15, 0.2) is 4.80 Å². The second kappa shape index (κ2) is 9.00. The largest absolute Gasteiger partial charge is 0.322 e. The van der Waals surface area contributed by atoms with Gasteiger partial charge in [-0.1, -0.05) is 35.6 Å². The van der Waals surface area contributed by atoms with Crippen molar-refractivity contribution in [1.82, 2.24) is 14.3 Å². The molecule has 4 heterocycles. The van der Waals surface area contributed by atoms with Gasteiger partial charge in [0, 0.05) is 23.3 Å². The topological polar surface area (TPSA) is 81.3 Å². The van der Waals surface area contributed by atoms with Crippen molar-refractivity contribution >= 4 is 40.3 Å². The molecule has 1 aromatic carbocycles. The van der Waals surface area contributed by atoms with Crippen LogP contribution in [-0.2, 0) is 11.3 Å². The van der Waals surface area contributed by atoms with Crippen LogP contribution in [0.1, 0.15) is 36.0 Å². The van der Waals surface area contributed by atoms with E-state index < -0.39 is 6.04 Å². The first-order valence-corrected chi connectivity index (χ1v) is 12.6. The predicted octanol–water partition coefficient (Wildman–Crippen LogP) is 3.46. The van der Waals surface area contributed by atoms with E-state index in [4.69, 9.17) is 0 Å². The summed E-state index contributed by atoms with van der Waals surface area (Å²) in [5.74, 6) is -0.257. The van der Waals surface area contributed by atoms with Gasteiger partial charge in [-0.3, -0.25) is 18.8 Å². The van der Waals surface area contributed by atoms with E-state index in [1.807, 2.05) is 79.4 Å². The molecular weight excluding hydrogens is 466 g/mol. The maximum absolute atomic E-state index is 13.6. The zero-order valence-electron chi connectivity index (χ0n) is 19.0. The van der Waals surface area contributed by atoms with E-state index in [1.54, 1.807) is 10.8 Å². The highest BCUT2D eigenvalue weighted by Gasteiger charge is 2.33. The highest BCUT2D eigenvalue weighted by molar-refractivity contribution is 7.10. The number of anilines is 1. The zero-order chi connectivity index (χ0) is 23.8. The number of hydrogen-bond acceptors (Lipinski definition) is 6. The number of thiophene rings is 1. The fraction of sp³-hybridized carbons (Fsp3) is 0.200. The van der Waals surface area contributed by atoms with E-state index in [0.29, 0.717) is 27.1 Å². The first-order chi connectivity index (χ1) is 16.5. The number of para-hydroxylation sites is 1. The smallest absolute Gasteiger partial charge is 0.271 e. The average molecular weight is 490 g/mol. The highest BCUT2D eigenvalue weighted by atomic mass is 32.1. The van der Waals surface area contributed by atoms with Gasteiger partial charge in [0.05, 0.1) is 21.5 Å². The predicted molar refractivity (Wildman–Crippen MR) is 136 cm³/mol.